The van der Waals surface area contributed by atoms with Crippen LogP contribution < -0.4 is 19.9 Å². The molecule has 304 valence electrons. The quantitative estimate of drug-likeness (QED) is 0.142. The Labute approximate surface area is 351 Å². The predicted molar refractivity (Wildman–Crippen MR) is 217 cm³/mol. The maximum absolute atomic E-state index is 11.9. The summed E-state index contributed by atoms with van der Waals surface area (Å²) >= 11 is 9.85. The summed E-state index contributed by atoms with van der Waals surface area (Å²) in [7, 11) is 8.19. The second kappa shape index (κ2) is 20.5. The predicted octanol–water partition coefficient (Wildman–Crippen LogP) is 7.39. The van der Waals surface area contributed by atoms with E-state index in [-0.39, 0.29) is 28.6 Å². The molecule has 0 aromatic heterocycles. The number of rotatable bonds is 11. The summed E-state index contributed by atoms with van der Waals surface area (Å²) in [6.07, 6.45) is 0. The molecule has 0 spiro atoms. The number of benzene rings is 3. The van der Waals surface area contributed by atoms with Crippen molar-refractivity contribution in [1.29, 1.82) is 5.26 Å². The molecule has 3 aromatic rings. The van der Waals surface area contributed by atoms with Crippen LogP contribution in [0.25, 0.3) is 0 Å². The molecule has 3 aromatic carbocycles. The number of hydrogen-bond acceptors (Lipinski definition) is 12. The first-order valence-corrected chi connectivity index (χ1v) is 18.6. The number of nitriles is 1. The number of nitrogens with two attached hydrogens (primary N) is 1. The minimum Gasteiger partial charge on any atom is -0.496 e. The number of amides is 1. The van der Waals surface area contributed by atoms with Gasteiger partial charge in [0.2, 0.25) is 0 Å². The van der Waals surface area contributed by atoms with Gasteiger partial charge in [-0.05, 0) is 77.9 Å². The number of halogens is 3. The highest BCUT2D eigenvalue weighted by molar-refractivity contribution is 9.11. The number of hydrogen-bond donors (Lipinski definition) is 2. The van der Waals surface area contributed by atoms with Crippen LogP contribution in [0.5, 0.6) is 17.2 Å². The zero-order valence-corrected chi connectivity index (χ0v) is 37.8. The van der Waals surface area contributed by atoms with Gasteiger partial charge in [-0.3, -0.25) is 19.2 Å². The Morgan fingerprint density at radius 3 is 1.16 bits per heavy atom. The largest absolute Gasteiger partial charge is 0.496 e. The summed E-state index contributed by atoms with van der Waals surface area (Å²) in [6, 6.07) is 11.8. The molecular weight excluding hydrogens is 928 g/mol. The van der Waals surface area contributed by atoms with E-state index < -0.39 is 40.1 Å². The van der Waals surface area contributed by atoms with Crippen LogP contribution in [-0.2, 0) is 44.8 Å². The molecule has 0 bridgehead atoms. The van der Waals surface area contributed by atoms with E-state index >= 15 is 0 Å². The van der Waals surface area contributed by atoms with Gasteiger partial charge in [-0.2, -0.15) is 5.26 Å². The van der Waals surface area contributed by atoms with E-state index in [1.165, 1.54) is 48.7 Å². The molecule has 14 nitrogen and oxygen atoms in total. The van der Waals surface area contributed by atoms with Crippen LogP contribution in [-0.4, -0.2) is 77.5 Å². The second-order valence-electron chi connectivity index (χ2n) is 13.2. The van der Waals surface area contributed by atoms with Crippen molar-refractivity contribution in [1.82, 2.24) is 0 Å². The van der Waals surface area contributed by atoms with Crippen LogP contribution in [0, 0.1) is 11.3 Å². The van der Waals surface area contributed by atoms with Gasteiger partial charge in [0.25, 0.3) is 5.91 Å². The molecule has 0 saturated carbocycles. The van der Waals surface area contributed by atoms with Gasteiger partial charge in [-0.1, -0.05) is 47.8 Å². The topological polar surface area (TPSA) is 211 Å². The molecule has 0 unspecified atom stereocenters. The molecule has 3 N–H and O–H groups in total. The first-order valence-electron chi connectivity index (χ1n) is 16.2. The minimum atomic E-state index is -1.12. The maximum Gasteiger partial charge on any atom is 0.339 e. The average molecular weight is 974 g/mol. The molecule has 0 aliphatic rings. The number of nitrogens with zero attached hydrogens (tertiary/aromatic N) is 1. The standard InChI is InChI=1S/C13H16BrNO4.C13H14BrNO3.C13H15BrO5/c1-13(2,12(17)19-4)9-6-7(14)5-8(11(15)16)10(9)18-3;1-13(2,12(16)18-4)10-6-9(14)5-8(7-15)11(10)17-3;1-13(2,12(17)19-4)9-6-7(14)5-8(11(15)16)10(9)18-3/h5-6H,1-4H3,(H2,15,16);5-6H,1-4H3;5-6H,1-4H3,(H,15,16). The molecule has 0 fully saturated rings. The Morgan fingerprint density at radius 2 is 0.875 bits per heavy atom. The third-order valence-corrected chi connectivity index (χ3v) is 9.87. The van der Waals surface area contributed by atoms with E-state index in [1.807, 2.05) is 6.07 Å². The van der Waals surface area contributed by atoms with E-state index in [1.54, 1.807) is 71.9 Å². The lowest BCUT2D eigenvalue weighted by atomic mass is 9.83. The maximum atomic E-state index is 11.9. The number of carboxylic acid groups (broad SMARTS) is 1. The number of carbonyl (C=O) groups is 5. The summed E-state index contributed by atoms with van der Waals surface area (Å²) in [4.78, 5) is 58.3. The third kappa shape index (κ3) is 11.2. The van der Waals surface area contributed by atoms with Crippen molar-refractivity contribution in [2.24, 2.45) is 5.73 Å². The average Bonchev–Trinajstić information content (AvgIpc) is 3.15. The van der Waals surface area contributed by atoms with Crippen LogP contribution >= 0.6 is 47.8 Å². The van der Waals surface area contributed by atoms with Gasteiger partial charge in [0.1, 0.15) is 28.9 Å². The number of carboxylic acids is 1. The van der Waals surface area contributed by atoms with Crippen LogP contribution in [0.1, 0.15) is 84.5 Å². The van der Waals surface area contributed by atoms with Crippen LogP contribution in [0.4, 0.5) is 0 Å². The highest BCUT2D eigenvalue weighted by Crippen LogP contribution is 2.40. The van der Waals surface area contributed by atoms with Crippen LogP contribution in [0.15, 0.2) is 49.8 Å². The Bertz CT molecular complexity index is 1930. The van der Waals surface area contributed by atoms with Crippen LogP contribution in [0.3, 0.4) is 0 Å². The molecule has 0 saturated heterocycles. The highest BCUT2D eigenvalue weighted by Gasteiger charge is 2.38. The zero-order chi connectivity index (χ0) is 43.5. The normalized spacial score (nSPS) is 10.9. The summed E-state index contributed by atoms with van der Waals surface area (Å²) in [5.41, 5.74) is 4.62. The van der Waals surface area contributed by atoms with Crippen molar-refractivity contribution >= 4 is 77.6 Å². The van der Waals surface area contributed by atoms with Gasteiger partial charge >= 0.3 is 23.9 Å². The molecule has 1 amide bonds. The van der Waals surface area contributed by atoms with Crippen molar-refractivity contribution in [2.45, 2.75) is 57.8 Å². The van der Waals surface area contributed by atoms with Crippen molar-refractivity contribution < 1.29 is 57.5 Å². The summed E-state index contributed by atoms with van der Waals surface area (Å²) in [5.74, 6) is -2.20. The molecule has 3 rings (SSSR count). The SMILES string of the molecule is COC(=O)C(C)(C)c1cc(Br)cc(C#N)c1OC.COC(=O)C(C)(C)c1cc(Br)cc(C(=O)O)c1OC.COC(=O)C(C)(C)c1cc(Br)cc(C(N)=O)c1OC. The minimum absolute atomic E-state index is 0.0103. The highest BCUT2D eigenvalue weighted by atomic mass is 79.9. The molecule has 0 aliphatic carbocycles. The summed E-state index contributed by atoms with van der Waals surface area (Å²) in [5, 5.41) is 18.3. The molecular formula is C39H45Br3N2O12. The van der Waals surface area contributed by atoms with E-state index in [9.17, 15) is 29.1 Å². The lowest BCUT2D eigenvalue weighted by Gasteiger charge is -2.25. The second-order valence-corrected chi connectivity index (χ2v) is 16.0. The number of carbonyl (C=O) groups excluding carboxylic acids is 4. The van der Waals surface area contributed by atoms with Gasteiger partial charge in [0.15, 0.2) is 0 Å². The number of primary amides is 1. The lowest BCUT2D eigenvalue weighted by molar-refractivity contribution is -0.147. The Hall–Kier alpha value is -4.66. The monoisotopic (exact) mass is 970 g/mol. The zero-order valence-electron chi connectivity index (χ0n) is 33.1. The molecule has 17 heteroatoms. The molecule has 0 heterocycles. The molecule has 56 heavy (non-hydrogen) atoms. The van der Waals surface area contributed by atoms with Gasteiger partial charge in [0, 0.05) is 30.1 Å². The van der Waals surface area contributed by atoms with Crippen molar-refractivity contribution in [2.75, 3.05) is 42.7 Å². The van der Waals surface area contributed by atoms with E-state index in [0.29, 0.717) is 41.4 Å². The smallest absolute Gasteiger partial charge is 0.339 e. The summed E-state index contributed by atoms with van der Waals surface area (Å²) < 4.78 is 31.9. The van der Waals surface area contributed by atoms with Gasteiger partial charge in [-0.15, -0.1) is 0 Å². The Balaban J connectivity index is 0.000000420. The summed E-state index contributed by atoms with van der Waals surface area (Å²) in [6.45, 7) is 10.1. The van der Waals surface area contributed by atoms with E-state index in [2.05, 4.69) is 47.8 Å². The lowest BCUT2D eigenvalue weighted by Crippen LogP contribution is -2.31. The third-order valence-electron chi connectivity index (χ3n) is 8.50. The van der Waals surface area contributed by atoms with Crippen molar-refractivity contribution in [3.05, 3.63) is 83.2 Å². The van der Waals surface area contributed by atoms with E-state index in [0.717, 1.165) is 0 Å². The number of methoxy groups -OCH3 is 6. The molecule has 0 aliphatic heterocycles. The Morgan fingerprint density at radius 1 is 0.571 bits per heavy atom. The van der Waals surface area contributed by atoms with E-state index in [4.69, 9.17) is 39.4 Å². The number of ether oxygens (including phenoxy) is 6. The molecule has 0 atom stereocenters. The van der Waals surface area contributed by atoms with Crippen molar-refractivity contribution in [3.63, 3.8) is 0 Å². The van der Waals surface area contributed by atoms with Crippen molar-refractivity contribution in [3.8, 4) is 23.3 Å². The van der Waals surface area contributed by atoms with Gasteiger partial charge < -0.3 is 39.3 Å². The number of aromatic carboxylic acids is 1. The Kier molecular flexibility index (Phi) is 18.1. The number of esters is 3. The van der Waals surface area contributed by atoms with Gasteiger partial charge in [0.05, 0.1) is 70.0 Å². The first-order chi connectivity index (χ1) is 25.9. The molecule has 0 radical (unpaired) electrons. The fourth-order valence-electron chi connectivity index (χ4n) is 5.35. The first kappa shape index (κ1) is 49.4. The fourth-order valence-corrected chi connectivity index (χ4v) is 6.73. The fraction of sp³-hybridized carbons (Fsp3) is 0.385. The van der Waals surface area contributed by atoms with Crippen LogP contribution in [0.2, 0.25) is 0 Å². The van der Waals surface area contributed by atoms with Gasteiger partial charge in [-0.25, -0.2) is 4.79 Å².